The molecule has 0 radical (unpaired) electrons. The van der Waals surface area contributed by atoms with Gasteiger partial charge in [-0.25, -0.2) is 4.98 Å². The number of thioether (sulfide) groups is 1. The van der Waals surface area contributed by atoms with Crippen molar-refractivity contribution in [2.45, 2.75) is 19.0 Å². The van der Waals surface area contributed by atoms with Crippen LogP contribution in [0, 0.1) is 13.8 Å². The Bertz CT molecular complexity index is 895. The van der Waals surface area contributed by atoms with Crippen molar-refractivity contribution in [2.75, 3.05) is 5.75 Å². The number of aryl methyl sites for hydroxylation is 2. The fourth-order valence-electron chi connectivity index (χ4n) is 2.06. The lowest BCUT2D eigenvalue weighted by molar-refractivity contribution is 0.102. The number of carbonyl (C=O) groups is 1. The molecule has 0 amide bonds. The molecule has 22 heavy (non-hydrogen) atoms. The zero-order valence-electron chi connectivity index (χ0n) is 12.2. The summed E-state index contributed by atoms with van der Waals surface area (Å²) in [6.07, 6.45) is 0. The predicted octanol–water partition coefficient (Wildman–Crippen LogP) is 3.58. The molecule has 112 valence electrons. The summed E-state index contributed by atoms with van der Waals surface area (Å²) in [7, 11) is 0. The smallest absolute Gasteiger partial charge is 0.260 e. The highest BCUT2D eigenvalue weighted by Gasteiger charge is 2.10. The number of hydrogen-bond donors (Lipinski definition) is 1. The number of hydrogen-bond acceptors (Lipinski definition) is 5. The highest BCUT2D eigenvalue weighted by Crippen LogP contribution is 2.22. The molecule has 1 N–H and O–H groups in total. The standard InChI is InChI=1S/C16H14N2O2S2/c1-9-3-5-11(6-4-9)13(19)8-21-16-17-14(20)12-7-10(2)22-15(12)18-16/h3-7H,8H2,1-2H3,(H,17,18,20). The van der Waals surface area contributed by atoms with E-state index in [-0.39, 0.29) is 17.1 Å². The van der Waals surface area contributed by atoms with Crippen LogP contribution in [0.5, 0.6) is 0 Å². The molecular formula is C16H14N2O2S2. The normalized spacial score (nSPS) is 11.0. The van der Waals surface area contributed by atoms with Gasteiger partial charge in [-0.15, -0.1) is 11.3 Å². The molecular weight excluding hydrogens is 316 g/mol. The molecule has 2 aromatic heterocycles. The average Bonchev–Trinajstić information content (AvgIpc) is 2.86. The van der Waals surface area contributed by atoms with E-state index >= 15 is 0 Å². The summed E-state index contributed by atoms with van der Waals surface area (Å²) in [6.45, 7) is 3.93. The van der Waals surface area contributed by atoms with Crippen LogP contribution in [0.25, 0.3) is 10.2 Å². The SMILES string of the molecule is Cc1ccc(C(=O)CSc2nc3sc(C)cc3c(=O)[nH]2)cc1. The van der Waals surface area contributed by atoms with Crippen LogP contribution >= 0.6 is 23.1 Å². The zero-order valence-corrected chi connectivity index (χ0v) is 13.8. The van der Waals surface area contributed by atoms with Gasteiger partial charge >= 0.3 is 0 Å². The number of aromatic amines is 1. The van der Waals surface area contributed by atoms with Gasteiger partial charge in [-0.2, -0.15) is 0 Å². The van der Waals surface area contributed by atoms with Crippen LogP contribution in [0.2, 0.25) is 0 Å². The molecule has 0 atom stereocenters. The summed E-state index contributed by atoms with van der Waals surface area (Å²) in [5.41, 5.74) is 1.64. The highest BCUT2D eigenvalue weighted by atomic mass is 32.2. The lowest BCUT2D eigenvalue weighted by Gasteiger charge is -2.02. The molecule has 0 fully saturated rings. The van der Waals surface area contributed by atoms with Gasteiger partial charge in [0.15, 0.2) is 10.9 Å². The number of aromatic nitrogens is 2. The minimum atomic E-state index is -0.153. The summed E-state index contributed by atoms with van der Waals surface area (Å²) in [5, 5.41) is 1.09. The van der Waals surface area contributed by atoms with Gasteiger partial charge in [0.25, 0.3) is 5.56 Å². The quantitative estimate of drug-likeness (QED) is 0.451. The van der Waals surface area contributed by atoms with Crippen molar-refractivity contribution in [1.29, 1.82) is 0 Å². The van der Waals surface area contributed by atoms with Gasteiger partial charge in [0.05, 0.1) is 11.1 Å². The maximum atomic E-state index is 12.1. The first-order valence-electron chi connectivity index (χ1n) is 6.76. The van der Waals surface area contributed by atoms with Crippen LogP contribution in [0.1, 0.15) is 20.8 Å². The Balaban J connectivity index is 1.77. The van der Waals surface area contributed by atoms with Gasteiger partial charge in [0, 0.05) is 10.4 Å². The number of nitrogens with zero attached hydrogens (tertiary/aromatic N) is 1. The molecule has 3 rings (SSSR count). The Morgan fingerprint density at radius 1 is 1.27 bits per heavy atom. The van der Waals surface area contributed by atoms with E-state index in [0.717, 1.165) is 10.4 Å². The van der Waals surface area contributed by atoms with Gasteiger partial charge in [0.1, 0.15) is 4.83 Å². The molecule has 3 aromatic rings. The van der Waals surface area contributed by atoms with Gasteiger partial charge in [-0.1, -0.05) is 41.6 Å². The van der Waals surface area contributed by atoms with E-state index in [1.165, 1.54) is 23.1 Å². The number of benzene rings is 1. The van der Waals surface area contributed by atoms with Crippen molar-refractivity contribution in [3.8, 4) is 0 Å². The maximum Gasteiger partial charge on any atom is 0.260 e. The number of rotatable bonds is 4. The van der Waals surface area contributed by atoms with Crippen LogP contribution in [0.4, 0.5) is 0 Å². The van der Waals surface area contributed by atoms with Crippen molar-refractivity contribution >= 4 is 39.1 Å². The second-order valence-electron chi connectivity index (χ2n) is 5.02. The third kappa shape index (κ3) is 3.13. The minimum Gasteiger partial charge on any atom is -0.301 e. The third-order valence-electron chi connectivity index (χ3n) is 3.22. The number of nitrogens with one attached hydrogen (secondary N) is 1. The molecule has 0 unspecified atom stereocenters. The number of fused-ring (bicyclic) bond motifs is 1. The molecule has 0 spiro atoms. The Morgan fingerprint density at radius 2 is 2.00 bits per heavy atom. The molecule has 0 aliphatic rings. The lowest BCUT2D eigenvalue weighted by Crippen LogP contribution is -2.09. The molecule has 0 saturated heterocycles. The summed E-state index contributed by atoms with van der Waals surface area (Å²) >= 11 is 2.74. The third-order valence-corrected chi connectivity index (χ3v) is 5.04. The lowest BCUT2D eigenvalue weighted by atomic mass is 10.1. The van der Waals surface area contributed by atoms with E-state index in [2.05, 4.69) is 9.97 Å². The summed E-state index contributed by atoms with van der Waals surface area (Å²) in [4.78, 5) is 33.0. The average molecular weight is 330 g/mol. The number of carbonyl (C=O) groups excluding carboxylic acids is 1. The van der Waals surface area contributed by atoms with Crippen molar-refractivity contribution in [3.63, 3.8) is 0 Å². The van der Waals surface area contributed by atoms with E-state index < -0.39 is 0 Å². The second-order valence-corrected chi connectivity index (χ2v) is 7.22. The van der Waals surface area contributed by atoms with Crippen LogP contribution in [0.3, 0.4) is 0 Å². The van der Waals surface area contributed by atoms with E-state index in [1.807, 2.05) is 44.2 Å². The van der Waals surface area contributed by atoms with Crippen molar-refractivity contribution in [3.05, 3.63) is 56.7 Å². The summed E-state index contributed by atoms with van der Waals surface area (Å²) in [5.74, 6) is 0.275. The van der Waals surface area contributed by atoms with E-state index in [1.54, 1.807) is 0 Å². The van der Waals surface area contributed by atoms with Crippen molar-refractivity contribution in [2.24, 2.45) is 0 Å². The number of thiophene rings is 1. The van der Waals surface area contributed by atoms with Gasteiger partial charge in [0.2, 0.25) is 0 Å². The van der Waals surface area contributed by atoms with E-state index in [9.17, 15) is 9.59 Å². The summed E-state index contributed by atoms with van der Waals surface area (Å²) in [6, 6.07) is 9.30. The molecule has 2 heterocycles. The zero-order chi connectivity index (χ0) is 15.7. The first-order chi connectivity index (χ1) is 10.5. The van der Waals surface area contributed by atoms with Gasteiger partial charge in [-0.3, -0.25) is 9.59 Å². The number of H-pyrrole nitrogens is 1. The first kappa shape index (κ1) is 15.0. The fraction of sp³-hybridized carbons (Fsp3) is 0.188. The van der Waals surface area contributed by atoms with E-state index in [0.29, 0.717) is 20.9 Å². The van der Waals surface area contributed by atoms with Crippen LogP contribution in [-0.4, -0.2) is 21.5 Å². The van der Waals surface area contributed by atoms with Crippen molar-refractivity contribution in [1.82, 2.24) is 9.97 Å². The molecule has 6 heteroatoms. The Morgan fingerprint density at radius 3 is 2.73 bits per heavy atom. The number of Topliss-reactive ketones (excluding diaryl/α,β-unsaturated/α-hetero) is 1. The number of ketones is 1. The highest BCUT2D eigenvalue weighted by molar-refractivity contribution is 7.99. The Labute approximate surface area is 135 Å². The van der Waals surface area contributed by atoms with Crippen LogP contribution in [-0.2, 0) is 0 Å². The largest absolute Gasteiger partial charge is 0.301 e. The first-order valence-corrected chi connectivity index (χ1v) is 8.56. The summed E-state index contributed by atoms with van der Waals surface area (Å²) < 4.78 is 0. The minimum absolute atomic E-state index is 0.0232. The fourth-order valence-corrected chi connectivity index (χ4v) is 3.75. The topological polar surface area (TPSA) is 62.8 Å². The predicted molar refractivity (Wildman–Crippen MR) is 91.2 cm³/mol. The molecule has 0 aliphatic carbocycles. The monoisotopic (exact) mass is 330 g/mol. The Hall–Kier alpha value is -1.92. The second kappa shape index (κ2) is 6.06. The molecule has 0 saturated carbocycles. The van der Waals surface area contributed by atoms with Crippen molar-refractivity contribution < 1.29 is 4.79 Å². The molecule has 0 bridgehead atoms. The van der Waals surface area contributed by atoms with E-state index in [4.69, 9.17) is 0 Å². The van der Waals surface area contributed by atoms with Gasteiger partial charge in [-0.05, 0) is 19.9 Å². The van der Waals surface area contributed by atoms with Crippen LogP contribution in [0.15, 0.2) is 40.3 Å². The Kier molecular flexibility index (Phi) is 4.13. The van der Waals surface area contributed by atoms with Gasteiger partial charge < -0.3 is 4.98 Å². The molecule has 0 aliphatic heterocycles. The maximum absolute atomic E-state index is 12.1. The van der Waals surface area contributed by atoms with Crippen LogP contribution < -0.4 is 5.56 Å². The molecule has 1 aromatic carbocycles. The molecule has 4 nitrogen and oxygen atoms in total.